The van der Waals surface area contributed by atoms with Crippen LogP contribution >= 0.6 is 0 Å². The fraction of sp³-hybridized carbons (Fsp3) is 0.429. The monoisotopic (exact) mass is 277 g/mol. The van der Waals surface area contributed by atoms with E-state index in [9.17, 15) is 9.50 Å². The molecule has 3 rings (SSSR count). The first kappa shape index (κ1) is 13.2. The number of ether oxygens (including phenoxy) is 1. The molecule has 0 spiro atoms. The first-order valence-electron chi connectivity index (χ1n) is 6.57. The fourth-order valence-electron chi connectivity index (χ4n) is 2.67. The molecule has 0 bridgehead atoms. The Morgan fingerprint density at radius 1 is 1.35 bits per heavy atom. The number of nitrogens with one attached hydrogen (secondary N) is 1. The van der Waals surface area contributed by atoms with E-state index in [1.54, 1.807) is 12.1 Å². The summed E-state index contributed by atoms with van der Waals surface area (Å²) >= 11 is 0. The normalized spacial score (nSPS) is 18.1. The Kier molecular flexibility index (Phi) is 3.27. The number of nitrogens with zero attached hydrogens (tertiary/aromatic N) is 2. The van der Waals surface area contributed by atoms with Crippen LogP contribution in [0, 0.1) is 5.82 Å². The molecule has 0 unspecified atom stereocenters. The number of piperidine rings is 1. The molecule has 6 heteroatoms. The standard InChI is InChI=1S/C14H16FN3O2/c1-20-11-3-2-10-13(18-11)12(9(15)8-17-10)14(19)4-6-16-7-5-14/h2-3,8,16,19H,4-7H2,1H3. The van der Waals surface area contributed by atoms with Crippen LogP contribution in [0.5, 0.6) is 5.88 Å². The van der Waals surface area contributed by atoms with Crippen LogP contribution in [-0.4, -0.2) is 35.3 Å². The summed E-state index contributed by atoms with van der Waals surface area (Å²) in [5.74, 6) is -0.147. The molecule has 0 atom stereocenters. The van der Waals surface area contributed by atoms with Crippen molar-refractivity contribution in [3.63, 3.8) is 0 Å². The van der Waals surface area contributed by atoms with Crippen molar-refractivity contribution in [3.05, 3.63) is 29.7 Å². The van der Waals surface area contributed by atoms with Gasteiger partial charge < -0.3 is 15.2 Å². The minimum atomic E-state index is -1.21. The third-order valence-electron chi connectivity index (χ3n) is 3.75. The van der Waals surface area contributed by atoms with Gasteiger partial charge in [-0.1, -0.05) is 0 Å². The van der Waals surface area contributed by atoms with Gasteiger partial charge in [0.25, 0.3) is 0 Å². The van der Waals surface area contributed by atoms with Crippen molar-refractivity contribution in [2.24, 2.45) is 0 Å². The molecule has 2 N–H and O–H groups in total. The van der Waals surface area contributed by atoms with Gasteiger partial charge in [0.2, 0.25) is 5.88 Å². The molecule has 20 heavy (non-hydrogen) atoms. The summed E-state index contributed by atoms with van der Waals surface area (Å²) in [6.07, 6.45) is 2.04. The first-order chi connectivity index (χ1) is 9.64. The van der Waals surface area contributed by atoms with Gasteiger partial charge in [0.05, 0.1) is 24.4 Å². The second-order valence-corrected chi connectivity index (χ2v) is 4.98. The van der Waals surface area contributed by atoms with Crippen LogP contribution in [0.3, 0.4) is 0 Å². The lowest BCUT2D eigenvalue weighted by atomic mass is 9.84. The van der Waals surface area contributed by atoms with Crippen molar-refractivity contribution < 1.29 is 14.2 Å². The number of hydrogen-bond donors (Lipinski definition) is 2. The van der Waals surface area contributed by atoms with E-state index in [1.165, 1.54) is 7.11 Å². The molecular formula is C14H16FN3O2. The molecule has 0 saturated carbocycles. The highest BCUT2D eigenvalue weighted by Crippen LogP contribution is 2.36. The Labute approximate surface area is 115 Å². The molecule has 0 amide bonds. The van der Waals surface area contributed by atoms with Crippen LogP contribution in [0.4, 0.5) is 4.39 Å². The molecule has 1 saturated heterocycles. The van der Waals surface area contributed by atoms with Gasteiger partial charge in [-0.3, -0.25) is 4.98 Å². The molecule has 0 radical (unpaired) electrons. The summed E-state index contributed by atoms with van der Waals surface area (Å²) < 4.78 is 19.3. The highest BCUT2D eigenvalue weighted by molar-refractivity contribution is 5.79. The van der Waals surface area contributed by atoms with Crippen molar-refractivity contribution >= 4 is 11.0 Å². The Morgan fingerprint density at radius 2 is 2.10 bits per heavy atom. The number of pyridine rings is 2. The van der Waals surface area contributed by atoms with E-state index < -0.39 is 11.4 Å². The molecule has 0 aliphatic carbocycles. The SMILES string of the molecule is COc1ccc2ncc(F)c(C3(O)CCNCC3)c2n1. The zero-order valence-electron chi connectivity index (χ0n) is 11.2. The largest absolute Gasteiger partial charge is 0.481 e. The van der Waals surface area contributed by atoms with Crippen LogP contribution in [0.1, 0.15) is 18.4 Å². The molecule has 1 fully saturated rings. The molecule has 106 valence electrons. The maximum Gasteiger partial charge on any atom is 0.213 e. The fourth-order valence-corrected chi connectivity index (χ4v) is 2.67. The molecule has 5 nitrogen and oxygen atoms in total. The van der Waals surface area contributed by atoms with Crippen LogP contribution in [0.2, 0.25) is 0 Å². The molecular weight excluding hydrogens is 261 g/mol. The van der Waals surface area contributed by atoms with Gasteiger partial charge >= 0.3 is 0 Å². The van der Waals surface area contributed by atoms with Crippen molar-refractivity contribution in [2.75, 3.05) is 20.2 Å². The van der Waals surface area contributed by atoms with Crippen molar-refractivity contribution in [3.8, 4) is 5.88 Å². The topological polar surface area (TPSA) is 67.3 Å². The van der Waals surface area contributed by atoms with E-state index in [-0.39, 0.29) is 5.56 Å². The molecule has 3 heterocycles. The van der Waals surface area contributed by atoms with Crippen LogP contribution in [0.25, 0.3) is 11.0 Å². The zero-order valence-corrected chi connectivity index (χ0v) is 11.2. The predicted octanol–water partition coefficient (Wildman–Crippen LogP) is 1.35. The Morgan fingerprint density at radius 3 is 2.80 bits per heavy atom. The second kappa shape index (κ2) is 4.96. The van der Waals surface area contributed by atoms with Crippen molar-refractivity contribution in [2.45, 2.75) is 18.4 Å². The van der Waals surface area contributed by atoms with Crippen LogP contribution in [-0.2, 0) is 5.60 Å². The van der Waals surface area contributed by atoms with E-state index in [2.05, 4.69) is 15.3 Å². The minimum absolute atomic E-state index is 0.225. The average Bonchev–Trinajstić information content (AvgIpc) is 2.46. The maximum atomic E-state index is 14.3. The third-order valence-corrected chi connectivity index (χ3v) is 3.75. The Hall–Kier alpha value is -1.79. The minimum Gasteiger partial charge on any atom is -0.481 e. The number of aliphatic hydroxyl groups is 1. The first-order valence-corrected chi connectivity index (χ1v) is 6.57. The van der Waals surface area contributed by atoms with Gasteiger partial charge in [-0.15, -0.1) is 0 Å². The number of aromatic nitrogens is 2. The highest BCUT2D eigenvalue weighted by atomic mass is 19.1. The number of halogens is 1. The molecule has 1 aliphatic rings. The number of rotatable bonds is 2. The van der Waals surface area contributed by atoms with Crippen molar-refractivity contribution in [1.29, 1.82) is 0 Å². The summed E-state index contributed by atoms with van der Waals surface area (Å²) in [4.78, 5) is 8.29. The maximum absolute atomic E-state index is 14.3. The summed E-state index contributed by atoms with van der Waals surface area (Å²) in [7, 11) is 1.50. The summed E-state index contributed by atoms with van der Waals surface area (Å²) in [6, 6.07) is 3.39. The van der Waals surface area contributed by atoms with Gasteiger partial charge in [-0.25, -0.2) is 9.37 Å². The molecule has 2 aromatic rings. The third kappa shape index (κ3) is 2.10. The quantitative estimate of drug-likeness (QED) is 0.867. The zero-order chi connectivity index (χ0) is 14.2. The lowest BCUT2D eigenvalue weighted by molar-refractivity contribution is 0.00399. The Bertz CT molecular complexity index is 642. The lowest BCUT2D eigenvalue weighted by Crippen LogP contribution is -2.40. The predicted molar refractivity (Wildman–Crippen MR) is 72.0 cm³/mol. The van der Waals surface area contributed by atoms with Gasteiger partial charge in [0.1, 0.15) is 11.3 Å². The van der Waals surface area contributed by atoms with E-state index in [4.69, 9.17) is 4.74 Å². The van der Waals surface area contributed by atoms with E-state index in [1.807, 2.05) is 0 Å². The Balaban J connectivity index is 2.24. The number of methoxy groups -OCH3 is 1. The number of fused-ring (bicyclic) bond motifs is 1. The van der Waals surface area contributed by atoms with Gasteiger partial charge in [-0.05, 0) is 32.0 Å². The van der Waals surface area contributed by atoms with Gasteiger partial charge in [0.15, 0.2) is 0 Å². The average molecular weight is 277 g/mol. The summed E-state index contributed by atoms with van der Waals surface area (Å²) in [5, 5.41) is 14.0. The molecule has 1 aliphatic heterocycles. The van der Waals surface area contributed by atoms with Gasteiger partial charge in [-0.2, -0.15) is 0 Å². The van der Waals surface area contributed by atoms with Crippen LogP contribution in [0.15, 0.2) is 18.3 Å². The van der Waals surface area contributed by atoms with E-state index >= 15 is 0 Å². The second-order valence-electron chi connectivity index (χ2n) is 4.98. The van der Waals surface area contributed by atoms with Crippen LogP contribution < -0.4 is 10.1 Å². The smallest absolute Gasteiger partial charge is 0.213 e. The van der Waals surface area contributed by atoms with Crippen molar-refractivity contribution in [1.82, 2.24) is 15.3 Å². The van der Waals surface area contributed by atoms with Gasteiger partial charge in [0, 0.05) is 11.6 Å². The van der Waals surface area contributed by atoms with E-state index in [0.29, 0.717) is 42.8 Å². The lowest BCUT2D eigenvalue weighted by Gasteiger charge is -2.33. The van der Waals surface area contributed by atoms with E-state index in [0.717, 1.165) is 6.20 Å². The highest BCUT2D eigenvalue weighted by Gasteiger charge is 2.36. The summed E-state index contributed by atoms with van der Waals surface area (Å²) in [6.45, 7) is 1.29. The summed E-state index contributed by atoms with van der Waals surface area (Å²) in [5.41, 5.74) is -0.0681. The number of hydrogen-bond acceptors (Lipinski definition) is 5. The molecule has 0 aromatic carbocycles. The molecule has 2 aromatic heterocycles.